The molecule has 0 radical (unpaired) electrons. The van der Waals surface area contributed by atoms with Gasteiger partial charge < -0.3 is 27.2 Å². The molecule has 0 saturated heterocycles. The van der Waals surface area contributed by atoms with Crippen molar-refractivity contribution < 1.29 is 26.7 Å². The van der Waals surface area contributed by atoms with E-state index in [0.717, 1.165) is 32.8 Å². The summed E-state index contributed by atoms with van der Waals surface area (Å²) < 4.78 is 10.3. The van der Waals surface area contributed by atoms with Crippen LogP contribution in [-0.2, 0) is 4.74 Å². The first-order valence-electron chi connectivity index (χ1n) is 9.10. The van der Waals surface area contributed by atoms with Crippen LogP contribution in [0.2, 0.25) is 0 Å². The molecule has 8 heteroatoms. The first-order valence-corrected chi connectivity index (χ1v) is 9.98. The van der Waals surface area contributed by atoms with Gasteiger partial charge in [0.1, 0.15) is 22.7 Å². The highest BCUT2D eigenvalue weighted by atomic mass is 35.5. The van der Waals surface area contributed by atoms with Crippen molar-refractivity contribution in [2.45, 2.75) is 6.92 Å². The number of rotatable bonds is 6. The van der Waals surface area contributed by atoms with Gasteiger partial charge in [-0.05, 0) is 48.9 Å². The monoisotopic (exact) mass is 440 g/mol. The largest absolute Gasteiger partial charge is 1.00 e. The van der Waals surface area contributed by atoms with Crippen LogP contribution in [0.25, 0.3) is 21.3 Å². The molecular weight excluding hydrogens is 422 g/mol. The van der Waals surface area contributed by atoms with Gasteiger partial charge in [0.2, 0.25) is 0 Å². The quantitative estimate of drug-likeness (QED) is 0.464. The van der Waals surface area contributed by atoms with Crippen LogP contribution < -0.4 is 22.5 Å². The smallest absolute Gasteiger partial charge is 0.338 e. The van der Waals surface area contributed by atoms with Crippen LogP contribution in [-0.4, -0.2) is 29.7 Å². The van der Waals surface area contributed by atoms with Gasteiger partial charge in [0.15, 0.2) is 0 Å². The lowest BCUT2D eigenvalue weighted by atomic mass is 10.1. The number of methoxy groups -OCH3 is 1. The number of nitrogens with one attached hydrogen (secondary N) is 1. The van der Waals surface area contributed by atoms with Gasteiger partial charge in [-0.2, -0.15) is 0 Å². The van der Waals surface area contributed by atoms with Crippen molar-refractivity contribution in [3.05, 3.63) is 65.8 Å². The summed E-state index contributed by atoms with van der Waals surface area (Å²) in [6.45, 7) is 2.14. The van der Waals surface area contributed by atoms with Gasteiger partial charge in [0.25, 0.3) is 0 Å². The number of anilines is 2. The number of halogens is 1. The maximum atomic E-state index is 11.8. The van der Waals surface area contributed by atoms with Crippen molar-refractivity contribution in [2.75, 3.05) is 19.0 Å². The normalized spacial score (nSPS) is 10.3. The van der Waals surface area contributed by atoms with Gasteiger partial charge in [0, 0.05) is 16.6 Å². The van der Waals surface area contributed by atoms with E-state index in [1.807, 2.05) is 36.4 Å². The number of nitrogens with zero attached hydrogens (tertiary/aromatic N) is 2. The molecule has 0 atom stereocenters. The lowest BCUT2D eigenvalue weighted by molar-refractivity contribution is -0.0000240. The van der Waals surface area contributed by atoms with Crippen LogP contribution in [0.3, 0.4) is 0 Å². The summed E-state index contributed by atoms with van der Waals surface area (Å²) in [6.07, 6.45) is 1.55. The number of hydrogen-bond acceptors (Lipinski definition) is 7. The number of hydrogen-bond donors (Lipinski definition) is 1. The second-order valence-electron chi connectivity index (χ2n) is 6.20. The number of benzene rings is 2. The minimum Gasteiger partial charge on any atom is -1.00 e. The molecule has 0 fully saturated rings. The summed E-state index contributed by atoms with van der Waals surface area (Å²) >= 11 is 1.57. The minimum atomic E-state index is -0.330. The van der Waals surface area contributed by atoms with Gasteiger partial charge in [-0.1, -0.05) is 12.1 Å². The van der Waals surface area contributed by atoms with Crippen LogP contribution >= 0.6 is 11.3 Å². The van der Waals surface area contributed by atoms with E-state index in [2.05, 4.69) is 20.7 Å². The van der Waals surface area contributed by atoms with E-state index in [4.69, 9.17) is 9.47 Å². The fraction of sp³-hybridized carbons (Fsp3) is 0.136. The SMILES string of the molecule is CCOC(=O)c1ccc(Nc2ncnc3scc(-c4ccc(OC)cc4)c23)cc1.[Cl-]. The number of carbonyl (C=O) groups is 1. The van der Waals surface area contributed by atoms with Crippen molar-refractivity contribution in [2.24, 2.45) is 0 Å². The van der Waals surface area contributed by atoms with Crippen molar-refractivity contribution in [3.63, 3.8) is 0 Å². The zero-order valence-electron chi connectivity index (χ0n) is 16.4. The number of aromatic nitrogens is 2. The fourth-order valence-corrected chi connectivity index (χ4v) is 3.91. The van der Waals surface area contributed by atoms with Gasteiger partial charge >= 0.3 is 5.97 Å². The standard InChI is InChI=1S/C22H19N3O3S.ClH/c1-3-28-22(26)15-4-8-16(9-5-15)25-20-19-18(12-29-21(19)24-13-23-20)14-6-10-17(27-2)11-7-14;/h4-13H,3H2,1-2H3,(H,23,24,25);1H/p-1. The van der Waals surface area contributed by atoms with E-state index >= 15 is 0 Å². The molecule has 0 bridgehead atoms. The molecule has 0 aliphatic heterocycles. The van der Waals surface area contributed by atoms with Crippen LogP contribution in [0.1, 0.15) is 17.3 Å². The molecule has 0 aliphatic carbocycles. The average Bonchev–Trinajstić information content (AvgIpc) is 3.20. The predicted molar refractivity (Wildman–Crippen MR) is 115 cm³/mol. The van der Waals surface area contributed by atoms with Gasteiger partial charge in [0.05, 0.1) is 24.7 Å². The van der Waals surface area contributed by atoms with Crippen LogP contribution in [0.4, 0.5) is 11.5 Å². The third kappa shape index (κ3) is 4.37. The Morgan fingerprint density at radius 3 is 2.47 bits per heavy atom. The minimum absolute atomic E-state index is 0. The second-order valence-corrected chi connectivity index (χ2v) is 7.06. The predicted octanol–water partition coefficient (Wildman–Crippen LogP) is 2.29. The van der Waals surface area contributed by atoms with E-state index in [1.54, 1.807) is 43.8 Å². The topological polar surface area (TPSA) is 73.3 Å². The Morgan fingerprint density at radius 2 is 1.80 bits per heavy atom. The van der Waals surface area contributed by atoms with Gasteiger partial charge in [-0.15, -0.1) is 11.3 Å². The molecule has 1 N–H and O–H groups in total. The molecule has 0 amide bonds. The molecule has 0 aliphatic rings. The van der Waals surface area contributed by atoms with Gasteiger partial charge in [-0.3, -0.25) is 0 Å². The maximum Gasteiger partial charge on any atom is 0.338 e. The van der Waals surface area contributed by atoms with E-state index in [-0.39, 0.29) is 18.4 Å². The molecule has 4 rings (SSSR count). The van der Waals surface area contributed by atoms with Crippen molar-refractivity contribution in [1.29, 1.82) is 0 Å². The highest BCUT2D eigenvalue weighted by Gasteiger charge is 2.14. The number of thiophene rings is 1. The molecule has 0 unspecified atom stereocenters. The van der Waals surface area contributed by atoms with E-state index in [9.17, 15) is 4.79 Å². The van der Waals surface area contributed by atoms with Crippen LogP contribution in [0.5, 0.6) is 5.75 Å². The second kappa shape index (κ2) is 9.56. The molecule has 2 aromatic carbocycles. The Balaban J connectivity index is 0.00000256. The molecule has 4 aromatic rings. The lowest BCUT2D eigenvalue weighted by Crippen LogP contribution is -3.00. The number of ether oxygens (including phenoxy) is 2. The zero-order chi connectivity index (χ0) is 20.2. The third-order valence-corrected chi connectivity index (χ3v) is 5.32. The Hall–Kier alpha value is -3.16. The summed E-state index contributed by atoms with van der Waals surface area (Å²) in [5, 5.41) is 6.38. The molecule has 6 nitrogen and oxygen atoms in total. The number of fused-ring (bicyclic) bond motifs is 1. The van der Waals surface area contributed by atoms with E-state index in [0.29, 0.717) is 18.0 Å². The molecule has 30 heavy (non-hydrogen) atoms. The van der Waals surface area contributed by atoms with Gasteiger partial charge in [-0.25, -0.2) is 14.8 Å². The molecule has 2 aromatic heterocycles. The Labute approximate surface area is 184 Å². The summed E-state index contributed by atoms with van der Waals surface area (Å²) in [5.74, 6) is 1.19. The average molecular weight is 441 g/mol. The Morgan fingerprint density at radius 1 is 1.07 bits per heavy atom. The summed E-state index contributed by atoms with van der Waals surface area (Å²) in [5.41, 5.74) is 3.45. The molecular formula is C22H19ClN3O3S-. The van der Waals surface area contributed by atoms with E-state index < -0.39 is 0 Å². The Kier molecular flexibility index (Phi) is 6.87. The summed E-state index contributed by atoms with van der Waals surface area (Å²) in [6, 6.07) is 15.0. The summed E-state index contributed by atoms with van der Waals surface area (Å²) in [7, 11) is 1.65. The third-order valence-electron chi connectivity index (χ3n) is 4.43. The number of esters is 1. The maximum absolute atomic E-state index is 11.8. The fourth-order valence-electron chi connectivity index (χ4n) is 2.99. The lowest BCUT2D eigenvalue weighted by Gasteiger charge is -2.09. The van der Waals surface area contributed by atoms with Crippen molar-refractivity contribution >= 4 is 39.0 Å². The first-order chi connectivity index (χ1) is 14.2. The van der Waals surface area contributed by atoms with E-state index in [1.165, 1.54) is 0 Å². The van der Waals surface area contributed by atoms with Crippen LogP contribution in [0, 0.1) is 0 Å². The summed E-state index contributed by atoms with van der Waals surface area (Å²) in [4.78, 5) is 21.6. The highest BCUT2D eigenvalue weighted by Crippen LogP contribution is 2.37. The van der Waals surface area contributed by atoms with Crippen molar-refractivity contribution in [1.82, 2.24) is 9.97 Å². The first kappa shape index (κ1) is 21.5. The highest BCUT2D eigenvalue weighted by molar-refractivity contribution is 7.17. The Bertz CT molecular complexity index is 1140. The van der Waals surface area contributed by atoms with Crippen molar-refractivity contribution in [3.8, 4) is 16.9 Å². The molecule has 154 valence electrons. The molecule has 0 saturated carbocycles. The molecule has 2 heterocycles. The zero-order valence-corrected chi connectivity index (χ0v) is 18.0. The number of carbonyl (C=O) groups excluding carboxylic acids is 1. The molecule has 0 spiro atoms. The van der Waals surface area contributed by atoms with Crippen LogP contribution in [0.15, 0.2) is 60.2 Å².